The van der Waals surface area contributed by atoms with E-state index in [9.17, 15) is 5.11 Å². The minimum Gasteiger partial charge on any atom is -0.390 e. The minimum atomic E-state index is -0.245. The van der Waals surface area contributed by atoms with Gasteiger partial charge in [-0.15, -0.1) is 0 Å². The summed E-state index contributed by atoms with van der Waals surface area (Å²) in [5.41, 5.74) is 0. The van der Waals surface area contributed by atoms with Crippen LogP contribution in [0.1, 0.15) is 20.3 Å². The zero-order valence-corrected chi connectivity index (χ0v) is 10.9. The molecule has 1 fully saturated rings. The van der Waals surface area contributed by atoms with E-state index in [1.165, 1.54) is 13.0 Å². The SMILES string of the molecule is CCNCC(O)CN1CCCN(C)CC1C. The van der Waals surface area contributed by atoms with Gasteiger partial charge in [0.25, 0.3) is 0 Å². The Kier molecular flexibility index (Phi) is 6.28. The predicted octanol–water partition coefficient (Wildman–Crippen LogP) is -0.0172. The maximum absolute atomic E-state index is 9.89. The van der Waals surface area contributed by atoms with Crippen molar-refractivity contribution >= 4 is 0 Å². The third kappa shape index (κ3) is 4.78. The van der Waals surface area contributed by atoms with Crippen molar-refractivity contribution in [3.63, 3.8) is 0 Å². The van der Waals surface area contributed by atoms with E-state index in [4.69, 9.17) is 0 Å². The summed E-state index contributed by atoms with van der Waals surface area (Å²) in [6.45, 7) is 10.1. The Morgan fingerprint density at radius 3 is 2.88 bits per heavy atom. The fraction of sp³-hybridized carbons (Fsp3) is 1.00. The van der Waals surface area contributed by atoms with Gasteiger partial charge in [0.2, 0.25) is 0 Å². The molecule has 0 aromatic carbocycles. The van der Waals surface area contributed by atoms with Gasteiger partial charge in [0.15, 0.2) is 0 Å². The molecule has 0 aliphatic carbocycles. The Bertz CT molecular complexity index is 189. The zero-order valence-electron chi connectivity index (χ0n) is 10.9. The Morgan fingerprint density at radius 1 is 1.44 bits per heavy atom. The summed E-state index contributed by atoms with van der Waals surface area (Å²) in [5.74, 6) is 0. The van der Waals surface area contributed by atoms with Gasteiger partial charge in [-0.25, -0.2) is 0 Å². The molecule has 1 aliphatic rings. The van der Waals surface area contributed by atoms with Gasteiger partial charge < -0.3 is 15.3 Å². The largest absolute Gasteiger partial charge is 0.390 e. The van der Waals surface area contributed by atoms with Crippen LogP contribution in [0.5, 0.6) is 0 Å². The molecule has 0 aromatic rings. The van der Waals surface area contributed by atoms with E-state index in [1.807, 2.05) is 0 Å². The number of nitrogens with zero attached hydrogens (tertiary/aromatic N) is 2. The van der Waals surface area contributed by atoms with Crippen LogP contribution in [0.3, 0.4) is 0 Å². The molecule has 0 saturated carbocycles. The van der Waals surface area contributed by atoms with Crippen LogP contribution >= 0.6 is 0 Å². The number of β-amino-alcohol motifs (C(OH)–C–C–N with tert-alkyl or cyclic N) is 1. The first-order valence-electron chi connectivity index (χ1n) is 6.44. The number of likely N-dealkylation sites (N-methyl/N-ethyl adjacent to an activating group) is 2. The number of aliphatic hydroxyl groups is 1. The van der Waals surface area contributed by atoms with E-state index in [1.54, 1.807) is 0 Å². The molecule has 4 heteroatoms. The van der Waals surface area contributed by atoms with E-state index in [2.05, 4.69) is 36.0 Å². The van der Waals surface area contributed by atoms with Crippen LogP contribution in [0.15, 0.2) is 0 Å². The second kappa shape index (κ2) is 7.22. The highest BCUT2D eigenvalue weighted by Crippen LogP contribution is 2.08. The summed E-state index contributed by atoms with van der Waals surface area (Å²) in [6.07, 6.45) is 0.959. The predicted molar refractivity (Wildman–Crippen MR) is 67.7 cm³/mol. The van der Waals surface area contributed by atoms with E-state index in [0.29, 0.717) is 12.6 Å². The maximum atomic E-state index is 9.89. The molecule has 0 radical (unpaired) electrons. The first-order valence-corrected chi connectivity index (χ1v) is 6.44. The van der Waals surface area contributed by atoms with E-state index >= 15 is 0 Å². The van der Waals surface area contributed by atoms with Gasteiger partial charge in [-0.3, -0.25) is 4.90 Å². The van der Waals surface area contributed by atoms with E-state index in [0.717, 1.165) is 26.2 Å². The summed E-state index contributed by atoms with van der Waals surface area (Å²) in [6, 6.07) is 0.545. The molecule has 0 aromatic heterocycles. The molecule has 1 heterocycles. The second-order valence-electron chi connectivity index (χ2n) is 4.92. The zero-order chi connectivity index (χ0) is 12.0. The normalized spacial score (nSPS) is 26.6. The van der Waals surface area contributed by atoms with E-state index in [-0.39, 0.29) is 6.10 Å². The summed E-state index contributed by atoms with van der Waals surface area (Å²) >= 11 is 0. The van der Waals surface area contributed by atoms with Crippen LogP contribution in [-0.4, -0.2) is 73.4 Å². The van der Waals surface area contributed by atoms with E-state index < -0.39 is 0 Å². The maximum Gasteiger partial charge on any atom is 0.0791 e. The Morgan fingerprint density at radius 2 is 2.19 bits per heavy atom. The lowest BCUT2D eigenvalue weighted by molar-refractivity contribution is 0.0916. The summed E-state index contributed by atoms with van der Waals surface area (Å²) in [7, 11) is 2.18. The lowest BCUT2D eigenvalue weighted by atomic mass is 10.2. The molecule has 1 rings (SSSR count). The number of aliphatic hydroxyl groups excluding tert-OH is 1. The number of hydrogen-bond acceptors (Lipinski definition) is 4. The monoisotopic (exact) mass is 229 g/mol. The summed E-state index contributed by atoms with van der Waals surface area (Å²) in [4.78, 5) is 4.78. The third-order valence-electron chi connectivity index (χ3n) is 3.26. The van der Waals surface area contributed by atoms with Crippen LogP contribution in [0.4, 0.5) is 0 Å². The molecule has 0 spiro atoms. The Hall–Kier alpha value is -0.160. The van der Waals surface area contributed by atoms with Crippen molar-refractivity contribution in [1.82, 2.24) is 15.1 Å². The first kappa shape index (κ1) is 13.9. The van der Waals surface area contributed by atoms with Crippen LogP contribution in [0.25, 0.3) is 0 Å². The quantitative estimate of drug-likeness (QED) is 0.695. The van der Waals surface area contributed by atoms with Gasteiger partial charge in [0.05, 0.1) is 6.10 Å². The molecular formula is C12H27N3O. The number of nitrogens with one attached hydrogen (secondary N) is 1. The van der Waals surface area contributed by atoms with Crippen LogP contribution in [-0.2, 0) is 0 Å². The highest BCUT2D eigenvalue weighted by atomic mass is 16.3. The smallest absolute Gasteiger partial charge is 0.0791 e. The lowest BCUT2D eigenvalue weighted by Crippen LogP contribution is -2.44. The minimum absolute atomic E-state index is 0.245. The molecule has 4 nitrogen and oxygen atoms in total. The topological polar surface area (TPSA) is 38.7 Å². The van der Waals surface area contributed by atoms with Gasteiger partial charge in [0, 0.05) is 25.7 Å². The molecule has 0 amide bonds. The molecule has 1 aliphatic heterocycles. The fourth-order valence-electron chi connectivity index (χ4n) is 2.34. The van der Waals surface area contributed by atoms with Gasteiger partial charge in [-0.1, -0.05) is 6.92 Å². The second-order valence-corrected chi connectivity index (χ2v) is 4.92. The molecule has 2 N–H and O–H groups in total. The Labute approximate surface area is 99.6 Å². The molecule has 2 unspecified atom stereocenters. The van der Waals surface area contributed by atoms with Gasteiger partial charge in [0.1, 0.15) is 0 Å². The van der Waals surface area contributed by atoms with Crippen molar-refractivity contribution in [3.05, 3.63) is 0 Å². The van der Waals surface area contributed by atoms with Crippen molar-refractivity contribution in [1.29, 1.82) is 0 Å². The average Bonchev–Trinajstić information content (AvgIpc) is 2.38. The molecule has 2 atom stereocenters. The highest BCUT2D eigenvalue weighted by molar-refractivity contribution is 4.77. The third-order valence-corrected chi connectivity index (χ3v) is 3.26. The van der Waals surface area contributed by atoms with Gasteiger partial charge in [-0.05, 0) is 40.0 Å². The van der Waals surface area contributed by atoms with Crippen molar-refractivity contribution < 1.29 is 5.11 Å². The van der Waals surface area contributed by atoms with Crippen molar-refractivity contribution in [2.75, 3.05) is 46.3 Å². The van der Waals surface area contributed by atoms with Crippen LogP contribution in [0, 0.1) is 0 Å². The highest BCUT2D eigenvalue weighted by Gasteiger charge is 2.21. The number of rotatable bonds is 5. The lowest BCUT2D eigenvalue weighted by Gasteiger charge is -2.29. The molecule has 96 valence electrons. The van der Waals surface area contributed by atoms with Crippen LogP contribution < -0.4 is 5.32 Å². The van der Waals surface area contributed by atoms with Crippen molar-refractivity contribution in [3.8, 4) is 0 Å². The molecule has 0 bridgehead atoms. The Balaban J connectivity index is 2.33. The summed E-state index contributed by atoms with van der Waals surface area (Å²) < 4.78 is 0. The molecule has 16 heavy (non-hydrogen) atoms. The fourth-order valence-corrected chi connectivity index (χ4v) is 2.34. The standard InChI is InChI=1S/C12H27N3O/c1-4-13-8-12(16)10-15-7-5-6-14(3)9-11(15)2/h11-13,16H,4-10H2,1-3H3. The average molecular weight is 229 g/mol. The number of hydrogen-bond donors (Lipinski definition) is 2. The first-order chi connectivity index (χ1) is 7.63. The molecule has 1 saturated heterocycles. The summed E-state index contributed by atoms with van der Waals surface area (Å²) in [5, 5.41) is 13.1. The van der Waals surface area contributed by atoms with Gasteiger partial charge in [-0.2, -0.15) is 0 Å². The van der Waals surface area contributed by atoms with Crippen molar-refractivity contribution in [2.45, 2.75) is 32.4 Å². The molecular weight excluding hydrogens is 202 g/mol. The van der Waals surface area contributed by atoms with Crippen LogP contribution in [0.2, 0.25) is 0 Å². The van der Waals surface area contributed by atoms with Gasteiger partial charge >= 0.3 is 0 Å². The van der Waals surface area contributed by atoms with Crippen molar-refractivity contribution in [2.24, 2.45) is 0 Å².